The second kappa shape index (κ2) is 3.58. The van der Waals surface area contributed by atoms with Gasteiger partial charge in [-0.1, -0.05) is 0 Å². The van der Waals surface area contributed by atoms with Crippen molar-refractivity contribution in [3.05, 3.63) is 29.6 Å². The molecule has 66 valence electrons. The summed E-state index contributed by atoms with van der Waals surface area (Å²) in [5.74, 6) is 0. The van der Waals surface area contributed by atoms with Crippen LogP contribution in [0.4, 0.5) is 8.78 Å². The van der Waals surface area contributed by atoms with Crippen molar-refractivity contribution in [2.75, 3.05) is 0 Å². The lowest BCUT2D eigenvalue weighted by Crippen LogP contribution is -2.08. The molecule has 1 aromatic heterocycles. The van der Waals surface area contributed by atoms with E-state index in [1.54, 1.807) is 6.92 Å². The van der Waals surface area contributed by atoms with Crippen LogP contribution >= 0.6 is 0 Å². The minimum Gasteiger partial charge on any atom is -0.382 e. The van der Waals surface area contributed by atoms with Crippen LogP contribution in [0.1, 0.15) is 17.4 Å². The largest absolute Gasteiger partial charge is 0.382 e. The zero-order valence-electron chi connectivity index (χ0n) is 6.54. The van der Waals surface area contributed by atoms with Crippen LogP contribution in [0, 0.1) is 6.92 Å². The lowest BCUT2D eigenvalue weighted by Gasteiger charge is -2.09. The zero-order valence-corrected chi connectivity index (χ0v) is 6.54. The number of hydrogen-bond acceptors (Lipinski definition) is 2. The van der Waals surface area contributed by atoms with Gasteiger partial charge in [-0.2, -0.15) is 0 Å². The second-order valence-corrected chi connectivity index (χ2v) is 2.51. The minimum atomic E-state index is -2.74. The van der Waals surface area contributed by atoms with Gasteiger partial charge < -0.3 is 5.11 Å². The number of aliphatic hydroxyl groups is 1. The van der Waals surface area contributed by atoms with Crippen molar-refractivity contribution in [1.82, 2.24) is 4.98 Å². The molecule has 1 heterocycles. The molecule has 1 atom stereocenters. The molecule has 0 spiro atoms. The SMILES string of the molecule is Cc1cc(C(O)C(F)F)ccn1. The number of alkyl halides is 2. The first-order valence-electron chi connectivity index (χ1n) is 3.50. The molecule has 0 aromatic carbocycles. The summed E-state index contributed by atoms with van der Waals surface area (Å²) < 4.78 is 24.0. The Morgan fingerprint density at radius 3 is 2.67 bits per heavy atom. The maximum Gasteiger partial charge on any atom is 0.268 e. The quantitative estimate of drug-likeness (QED) is 0.738. The molecular formula is C8H9F2NO. The van der Waals surface area contributed by atoms with Crippen molar-refractivity contribution >= 4 is 0 Å². The second-order valence-electron chi connectivity index (χ2n) is 2.51. The first-order chi connectivity index (χ1) is 5.61. The van der Waals surface area contributed by atoms with Crippen LogP contribution in [0.5, 0.6) is 0 Å². The number of aromatic nitrogens is 1. The third-order valence-corrected chi connectivity index (χ3v) is 1.50. The molecular weight excluding hydrogens is 164 g/mol. The van der Waals surface area contributed by atoms with Crippen LogP contribution in [0.25, 0.3) is 0 Å². The number of aryl methyl sites for hydroxylation is 1. The highest BCUT2D eigenvalue weighted by Crippen LogP contribution is 2.19. The van der Waals surface area contributed by atoms with Crippen molar-refractivity contribution in [3.63, 3.8) is 0 Å². The normalized spacial score (nSPS) is 13.4. The molecule has 0 bridgehead atoms. The Hall–Kier alpha value is -1.03. The molecule has 4 heteroatoms. The summed E-state index contributed by atoms with van der Waals surface area (Å²) in [6.45, 7) is 1.68. The van der Waals surface area contributed by atoms with Crippen LogP contribution in [-0.2, 0) is 0 Å². The molecule has 0 amide bonds. The average Bonchev–Trinajstić information content (AvgIpc) is 2.03. The number of pyridine rings is 1. The first-order valence-corrected chi connectivity index (χ1v) is 3.50. The minimum absolute atomic E-state index is 0.206. The van der Waals surface area contributed by atoms with Crippen molar-refractivity contribution < 1.29 is 13.9 Å². The van der Waals surface area contributed by atoms with E-state index < -0.39 is 12.5 Å². The van der Waals surface area contributed by atoms with E-state index >= 15 is 0 Å². The Morgan fingerprint density at radius 2 is 2.17 bits per heavy atom. The van der Waals surface area contributed by atoms with Gasteiger partial charge in [0.25, 0.3) is 6.43 Å². The van der Waals surface area contributed by atoms with E-state index in [1.165, 1.54) is 18.3 Å². The number of nitrogens with zero attached hydrogens (tertiary/aromatic N) is 1. The standard InChI is InChI=1S/C8H9F2NO/c1-5-4-6(2-3-11-5)7(12)8(9)10/h2-4,7-8,12H,1H3. The Balaban J connectivity index is 2.88. The first kappa shape index (κ1) is 9.06. The third-order valence-electron chi connectivity index (χ3n) is 1.50. The maximum absolute atomic E-state index is 12.0. The van der Waals surface area contributed by atoms with Crippen LogP contribution in [0.3, 0.4) is 0 Å². The molecule has 0 fully saturated rings. The summed E-state index contributed by atoms with van der Waals surface area (Å²) in [6.07, 6.45) is -3.05. The molecule has 0 aliphatic carbocycles. The Morgan fingerprint density at radius 1 is 1.50 bits per heavy atom. The van der Waals surface area contributed by atoms with Crippen LogP contribution < -0.4 is 0 Å². The van der Waals surface area contributed by atoms with E-state index in [2.05, 4.69) is 4.98 Å². The van der Waals surface area contributed by atoms with Gasteiger partial charge in [0.15, 0.2) is 0 Å². The van der Waals surface area contributed by atoms with E-state index in [-0.39, 0.29) is 5.56 Å². The molecule has 1 aromatic rings. The van der Waals surface area contributed by atoms with Gasteiger partial charge in [0, 0.05) is 11.9 Å². The lowest BCUT2D eigenvalue weighted by atomic mass is 10.1. The van der Waals surface area contributed by atoms with E-state index in [9.17, 15) is 8.78 Å². The van der Waals surface area contributed by atoms with Gasteiger partial charge in [-0.3, -0.25) is 4.98 Å². The summed E-state index contributed by atoms with van der Waals surface area (Å²) in [6, 6.07) is 2.82. The van der Waals surface area contributed by atoms with Gasteiger partial charge in [0.1, 0.15) is 6.10 Å². The van der Waals surface area contributed by atoms with Crippen LogP contribution in [-0.4, -0.2) is 16.5 Å². The predicted octanol–water partition coefficient (Wildman–Crippen LogP) is 1.69. The fourth-order valence-electron chi connectivity index (χ4n) is 0.897. The van der Waals surface area contributed by atoms with Crippen molar-refractivity contribution in [1.29, 1.82) is 0 Å². The van der Waals surface area contributed by atoms with E-state index in [1.807, 2.05) is 0 Å². The predicted molar refractivity (Wildman–Crippen MR) is 39.9 cm³/mol. The fraction of sp³-hybridized carbons (Fsp3) is 0.375. The Kier molecular flexibility index (Phi) is 2.70. The summed E-state index contributed by atoms with van der Waals surface area (Å²) in [7, 11) is 0. The van der Waals surface area contributed by atoms with Crippen LogP contribution in [0.15, 0.2) is 18.3 Å². The highest BCUT2D eigenvalue weighted by Gasteiger charge is 2.18. The maximum atomic E-state index is 12.0. The highest BCUT2D eigenvalue weighted by atomic mass is 19.3. The van der Waals surface area contributed by atoms with Crippen LogP contribution in [0.2, 0.25) is 0 Å². The third kappa shape index (κ3) is 1.98. The molecule has 2 nitrogen and oxygen atoms in total. The van der Waals surface area contributed by atoms with Gasteiger partial charge in [-0.15, -0.1) is 0 Å². The van der Waals surface area contributed by atoms with Gasteiger partial charge in [-0.25, -0.2) is 8.78 Å². The van der Waals surface area contributed by atoms with Gasteiger partial charge in [0.05, 0.1) is 0 Å². The van der Waals surface area contributed by atoms with E-state index in [0.717, 1.165) is 0 Å². The monoisotopic (exact) mass is 173 g/mol. The number of rotatable bonds is 2. The smallest absolute Gasteiger partial charge is 0.268 e. The fourth-order valence-corrected chi connectivity index (χ4v) is 0.897. The number of aliphatic hydroxyl groups excluding tert-OH is 1. The molecule has 1 rings (SSSR count). The molecule has 0 saturated carbocycles. The lowest BCUT2D eigenvalue weighted by molar-refractivity contribution is -0.00584. The topological polar surface area (TPSA) is 33.1 Å². The Labute approximate surface area is 68.9 Å². The molecule has 1 unspecified atom stereocenters. The molecule has 0 saturated heterocycles. The van der Waals surface area contributed by atoms with E-state index in [0.29, 0.717) is 5.69 Å². The Bertz CT molecular complexity index is 265. The van der Waals surface area contributed by atoms with Gasteiger partial charge in [-0.05, 0) is 24.6 Å². The molecule has 12 heavy (non-hydrogen) atoms. The summed E-state index contributed by atoms with van der Waals surface area (Å²) in [5, 5.41) is 8.94. The number of halogens is 2. The van der Waals surface area contributed by atoms with Gasteiger partial charge >= 0.3 is 0 Å². The van der Waals surface area contributed by atoms with Crippen molar-refractivity contribution in [3.8, 4) is 0 Å². The highest BCUT2D eigenvalue weighted by molar-refractivity contribution is 5.18. The summed E-state index contributed by atoms with van der Waals surface area (Å²) in [4.78, 5) is 3.83. The molecule has 0 aliphatic heterocycles. The van der Waals surface area contributed by atoms with Gasteiger partial charge in [0.2, 0.25) is 0 Å². The van der Waals surface area contributed by atoms with Crippen molar-refractivity contribution in [2.24, 2.45) is 0 Å². The average molecular weight is 173 g/mol. The zero-order chi connectivity index (χ0) is 9.14. The van der Waals surface area contributed by atoms with Crippen molar-refractivity contribution in [2.45, 2.75) is 19.5 Å². The molecule has 0 aliphatic rings. The summed E-state index contributed by atoms with van der Waals surface area (Å²) >= 11 is 0. The summed E-state index contributed by atoms with van der Waals surface area (Å²) in [5.41, 5.74) is 0.824. The molecule has 1 N–H and O–H groups in total. The molecule has 0 radical (unpaired) electrons. The van der Waals surface area contributed by atoms with E-state index in [4.69, 9.17) is 5.11 Å². The number of hydrogen-bond donors (Lipinski definition) is 1.